The Labute approximate surface area is 109 Å². The predicted octanol–water partition coefficient (Wildman–Crippen LogP) is 2.73. The maximum absolute atomic E-state index is 9.99. The third-order valence-electron chi connectivity index (χ3n) is 3.30. The molecule has 2 atom stereocenters. The van der Waals surface area contributed by atoms with Crippen molar-refractivity contribution in [2.24, 2.45) is 0 Å². The van der Waals surface area contributed by atoms with Crippen LogP contribution in [0.2, 0.25) is 0 Å². The van der Waals surface area contributed by atoms with Gasteiger partial charge in [0.25, 0.3) is 0 Å². The quantitative estimate of drug-likeness (QED) is 0.789. The van der Waals surface area contributed by atoms with Crippen molar-refractivity contribution in [3.63, 3.8) is 0 Å². The lowest BCUT2D eigenvalue weighted by atomic mass is 9.88. The van der Waals surface area contributed by atoms with E-state index in [0.29, 0.717) is 12.5 Å². The lowest BCUT2D eigenvalue weighted by Crippen LogP contribution is -2.22. The highest BCUT2D eigenvalue weighted by Crippen LogP contribution is 2.36. The van der Waals surface area contributed by atoms with Gasteiger partial charge in [-0.3, -0.25) is 0 Å². The summed E-state index contributed by atoms with van der Waals surface area (Å²) >= 11 is 0. The second kappa shape index (κ2) is 6.76. The van der Waals surface area contributed by atoms with Crippen LogP contribution in [-0.4, -0.2) is 31.0 Å². The first-order chi connectivity index (χ1) is 8.81. The fourth-order valence-electron chi connectivity index (χ4n) is 2.42. The van der Waals surface area contributed by atoms with Gasteiger partial charge in [0.15, 0.2) is 0 Å². The number of aliphatic hydroxyl groups excluding tert-OH is 1. The van der Waals surface area contributed by atoms with Crippen LogP contribution in [0.1, 0.15) is 37.7 Å². The van der Waals surface area contributed by atoms with Gasteiger partial charge in [-0.05, 0) is 36.8 Å². The normalized spacial score (nSPS) is 20.0. The Hall–Kier alpha value is -1.06. The van der Waals surface area contributed by atoms with E-state index in [9.17, 15) is 5.11 Å². The molecule has 3 heteroatoms. The Balaban J connectivity index is 1.90. The Bertz CT molecular complexity index is 365. The van der Waals surface area contributed by atoms with Gasteiger partial charge in [-0.2, -0.15) is 0 Å². The highest BCUT2D eigenvalue weighted by Gasteiger charge is 2.23. The fourth-order valence-corrected chi connectivity index (χ4v) is 2.42. The molecule has 2 rings (SSSR count). The van der Waals surface area contributed by atoms with E-state index in [1.54, 1.807) is 0 Å². The molecule has 1 aromatic rings. The predicted molar refractivity (Wildman–Crippen MR) is 71.0 cm³/mol. The lowest BCUT2D eigenvalue weighted by Gasteiger charge is -2.27. The van der Waals surface area contributed by atoms with Crippen LogP contribution in [0.15, 0.2) is 24.3 Å². The van der Waals surface area contributed by atoms with Gasteiger partial charge in [-0.1, -0.05) is 25.1 Å². The summed E-state index contributed by atoms with van der Waals surface area (Å²) in [5.74, 6) is 1.35. The Morgan fingerprint density at radius 1 is 1.44 bits per heavy atom. The zero-order chi connectivity index (χ0) is 12.8. The summed E-state index contributed by atoms with van der Waals surface area (Å²) in [4.78, 5) is 0. The van der Waals surface area contributed by atoms with E-state index < -0.39 is 0 Å². The zero-order valence-corrected chi connectivity index (χ0v) is 11.0. The zero-order valence-electron chi connectivity index (χ0n) is 11.0. The Kier molecular flexibility index (Phi) is 5.02. The minimum atomic E-state index is -0.382. The molecule has 0 fully saturated rings. The highest BCUT2D eigenvalue weighted by molar-refractivity contribution is 5.37. The molecule has 0 aliphatic carbocycles. The average molecular weight is 250 g/mol. The average Bonchev–Trinajstić information content (AvgIpc) is 2.39. The maximum Gasteiger partial charge on any atom is 0.122 e. The van der Waals surface area contributed by atoms with Crippen LogP contribution >= 0.6 is 0 Å². The maximum atomic E-state index is 9.99. The van der Waals surface area contributed by atoms with E-state index in [0.717, 1.165) is 38.2 Å². The largest absolute Gasteiger partial charge is 0.493 e. The second-order valence-corrected chi connectivity index (χ2v) is 4.84. The molecule has 0 saturated carbocycles. The second-order valence-electron chi connectivity index (χ2n) is 4.84. The lowest BCUT2D eigenvalue weighted by molar-refractivity contribution is 0.0270. The van der Waals surface area contributed by atoms with Crippen molar-refractivity contribution in [2.75, 3.05) is 19.8 Å². The first-order valence-corrected chi connectivity index (χ1v) is 6.78. The van der Waals surface area contributed by atoms with E-state index >= 15 is 0 Å². The number of aliphatic hydroxyl groups is 1. The molecule has 0 bridgehead atoms. The van der Waals surface area contributed by atoms with Gasteiger partial charge in [-0.15, -0.1) is 0 Å². The van der Waals surface area contributed by atoms with Gasteiger partial charge in [0.1, 0.15) is 5.75 Å². The van der Waals surface area contributed by atoms with E-state index in [4.69, 9.17) is 9.47 Å². The van der Waals surface area contributed by atoms with Crippen molar-refractivity contribution in [1.82, 2.24) is 0 Å². The Morgan fingerprint density at radius 3 is 3.11 bits per heavy atom. The number of ether oxygens (including phenoxy) is 2. The number of para-hydroxylation sites is 1. The summed E-state index contributed by atoms with van der Waals surface area (Å²) in [6.45, 7) is 3.97. The number of rotatable bonds is 6. The molecule has 0 saturated heterocycles. The molecule has 2 unspecified atom stereocenters. The molecular weight excluding hydrogens is 228 g/mol. The smallest absolute Gasteiger partial charge is 0.122 e. The summed E-state index contributed by atoms with van der Waals surface area (Å²) in [7, 11) is 0. The minimum Gasteiger partial charge on any atom is -0.493 e. The van der Waals surface area contributed by atoms with E-state index in [1.165, 1.54) is 5.56 Å². The summed E-state index contributed by atoms with van der Waals surface area (Å²) in [6.07, 6.45) is 2.34. The molecule has 1 aliphatic heterocycles. The molecule has 3 nitrogen and oxygen atoms in total. The monoisotopic (exact) mass is 250 g/mol. The van der Waals surface area contributed by atoms with Gasteiger partial charge in [-0.25, -0.2) is 0 Å². The topological polar surface area (TPSA) is 38.7 Å². The van der Waals surface area contributed by atoms with Crippen molar-refractivity contribution >= 4 is 0 Å². The molecule has 18 heavy (non-hydrogen) atoms. The van der Waals surface area contributed by atoms with Gasteiger partial charge in [0, 0.05) is 6.61 Å². The first kappa shape index (κ1) is 13.4. The molecule has 0 amide bonds. The van der Waals surface area contributed by atoms with Crippen LogP contribution in [0, 0.1) is 0 Å². The van der Waals surface area contributed by atoms with Crippen LogP contribution in [0.5, 0.6) is 5.75 Å². The molecule has 0 aromatic heterocycles. The van der Waals surface area contributed by atoms with Crippen molar-refractivity contribution in [3.8, 4) is 5.75 Å². The van der Waals surface area contributed by atoms with Crippen LogP contribution in [-0.2, 0) is 4.74 Å². The van der Waals surface area contributed by atoms with Crippen molar-refractivity contribution in [1.29, 1.82) is 0 Å². The third kappa shape index (κ3) is 3.47. The summed E-state index contributed by atoms with van der Waals surface area (Å²) < 4.78 is 11.0. The number of benzene rings is 1. The van der Waals surface area contributed by atoms with Gasteiger partial charge in [0.05, 0.1) is 19.3 Å². The molecule has 1 heterocycles. The molecule has 0 radical (unpaired) electrons. The van der Waals surface area contributed by atoms with E-state index in [2.05, 4.69) is 13.0 Å². The first-order valence-electron chi connectivity index (χ1n) is 6.78. The standard InChI is InChI=1S/C15H22O3/c1-2-8-17-11-13(16)10-12-7-9-18-15-6-4-3-5-14(12)15/h3-6,12-13,16H,2,7-11H2,1H3. The molecule has 1 aliphatic rings. The van der Waals surface area contributed by atoms with Crippen LogP contribution in [0.3, 0.4) is 0 Å². The summed E-state index contributed by atoms with van der Waals surface area (Å²) in [5, 5.41) is 9.99. The summed E-state index contributed by atoms with van der Waals surface area (Å²) in [6, 6.07) is 8.11. The van der Waals surface area contributed by atoms with Crippen LogP contribution < -0.4 is 4.74 Å². The van der Waals surface area contributed by atoms with Crippen molar-refractivity contribution < 1.29 is 14.6 Å². The van der Waals surface area contributed by atoms with E-state index in [1.807, 2.05) is 18.2 Å². The minimum absolute atomic E-state index is 0.382. The fraction of sp³-hybridized carbons (Fsp3) is 0.600. The van der Waals surface area contributed by atoms with E-state index in [-0.39, 0.29) is 6.10 Å². The molecule has 100 valence electrons. The Morgan fingerprint density at radius 2 is 2.28 bits per heavy atom. The molecule has 1 N–H and O–H groups in total. The van der Waals surface area contributed by atoms with Crippen LogP contribution in [0.4, 0.5) is 0 Å². The van der Waals surface area contributed by atoms with Crippen LogP contribution in [0.25, 0.3) is 0 Å². The number of hydrogen-bond acceptors (Lipinski definition) is 3. The van der Waals surface area contributed by atoms with Gasteiger partial charge in [0.2, 0.25) is 0 Å². The number of fused-ring (bicyclic) bond motifs is 1. The van der Waals surface area contributed by atoms with Crippen molar-refractivity contribution in [2.45, 2.75) is 38.2 Å². The SMILES string of the molecule is CCCOCC(O)CC1CCOc2ccccc21. The summed E-state index contributed by atoms with van der Waals surface area (Å²) in [5.41, 5.74) is 1.22. The third-order valence-corrected chi connectivity index (χ3v) is 3.30. The number of hydrogen-bond donors (Lipinski definition) is 1. The van der Waals surface area contributed by atoms with Crippen molar-refractivity contribution in [3.05, 3.63) is 29.8 Å². The highest BCUT2D eigenvalue weighted by atomic mass is 16.5. The van der Waals surface area contributed by atoms with Gasteiger partial charge >= 0.3 is 0 Å². The van der Waals surface area contributed by atoms with Gasteiger partial charge < -0.3 is 14.6 Å². The molecular formula is C15H22O3. The molecule has 1 aromatic carbocycles. The molecule has 0 spiro atoms.